The molecule has 0 saturated carbocycles. The zero-order valence-electron chi connectivity index (χ0n) is 12.7. The highest BCUT2D eigenvalue weighted by Gasteiger charge is 2.06. The summed E-state index contributed by atoms with van der Waals surface area (Å²) in [6.45, 7) is 1.71. The van der Waals surface area contributed by atoms with Crippen LogP contribution in [0.1, 0.15) is 23.2 Å². The Morgan fingerprint density at radius 1 is 1.13 bits per heavy atom. The van der Waals surface area contributed by atoms with Crippen LogP contribution in [0.2, 0.25) is 5.02 Å². The maximum atomic E-state index is 11.8. The maximum Gasteiger partial charge on any atom is 0.251 e. The highest BCUT2D eigenvalue weighted by molar-refractivity contribution is 6.30. The molecule has 1 aromatic carbocycles. The lowest BCUT2D eigenvalue weighted by Gasteiger charge is -2.07. The molecule has 1 aromatic heterocycles. The second kappa shape index (κ2) is 8.95. The van der Waals surface area contributed by atoms with Crippen LogP contribution in [0.25, 0.3) is 0 Å². The Hall–Kier alpha value is -2.34. The van der Waals surface area contributed by atoms with E-state index < -0.39 is 0 Å². The van der Waals surface area contributed by atoms with Crippen LogP contribution in [-0.2, 0) is 11.3 Å². The van der Waals surface area contributed by atoms with Crippen molar-refractivity contribution < 1.29 is 9.59 Å². The molecule has 2 N–H and O–H groups in total. The lowest BCUT2D eigenvalue weighted by molar-refractivity contribution is -0.120. The molecule has 2 amide bonds. The molecule has 23 heavy (non-hydrogen) atoms. The minimum atomic E-state index is -0.213. The average molecular weight is 335 g/mol. The predicted molar refractivity (Wildman–Crippen MR) is 88.3 cm³/mol. The Kier molecular flexibility index (Phi) is 6.62. The Morgan fingerprint density at radius 3 is 2.61 bits per heavy atom. The number of hydrogen-bond donors (Lipinski definition) is 2. The first-order valence-electron chi connectivity index (χ1n) is 7.41. The lowest BCUT2D eigenvalue weighted by atomic mass is 10.2. The molecule has 0 aliphatic carbocycles. The van der Waals surface area contributed by atoms with Gasteiger partial charge >= 0.3 is 0 Å². The van der Waals surface area contributed by atoms with E-state index in [4.69, 9.17) is 11.6 Å². The van der Waals surface area contributed by atoms with Gasteiger partial charge in [0.2, 0.25) is 5.91 Å². The van der Waals surface area contributed by atoms with Gasteiger partial charge in [-0.2, -0.15) is 0 Å². The fourth-order valence-corrected chi connectivity index (χ4v) is 2.12. The van der Waals surface area contributed by atoms with Gasteiger partial charge in [0.05, 0.1) is 6.33 Å². The van der Waals surface area contributed by atoms with Gasteiger partial charge in [0.15, 0.2) is 0 Å². The van der Waals surface area contributed by atoms with E-state index in [0.29, 0.717) is 23.7 Å². The molecule has 0 bridgehead atoms. The molecule has 0 atom stereocenters. The van der Waals surface area contributed by atoms with Crippen molar-refractivity contribution in [3.8, 4) is 0 Å². The van der Waals surface area contributed by atoms with Crippen LogP contribution >= 0.6 is 11.6 Å². The quantitative estimate of drug-likeness (QED) is 0.723. The van der Waals surface area contributed by atoms with E-state index in [-0.39, 0.29) is 18.2 Å². The standard InChI is InChI=1S/C16H19ClN4O2/c17-14-4-2-13(3-5-14)16(23)20-8-6-15(22)19-7-1-10-21-11-9-18-12-21/h2-5,9,11-12H,1,6-8,10H2,(H,19,22)(H,20,23). The van der Waals surface area contributed by atoms with Crippen molar-refractivity contribution in [2.45, 2.75) is 19.4 Å². The van der Waals surface area contributed by atoms with Crippen molar-refractivity contribution >= 4 is 23.4 Å². The number of aryl methyl sites for hydroxylation is 1. The number of carbonyl (C=O) groups excluding carboxylic acids is 2. The van der Waals surface area contributed by atoms with Crippen LogP contribution in [-0.4, -0.2) is 34.5 Å². The van der Waals surface area contributed by atoms with Crippen LogP contribution in [0.3, 0.4) is 0 Å². The van der Waals surface area contributed by atoms with Crippen molar-refractivity contribution in [2.24, 2.45) is 0 Å². The first-order chi connectivity index (χ1) is 11.1. The summed E-state index contributed by atoms with van der Waals surface area (Å²) in [5.41, 5.74) is 0.523. The summed E-state index contributed by atoms with van der Waals surface area (Å²) in [6, 6.07) is 6.61. The fraction of sp³-hybridized carbons (Fsp3) is 0.312. The molecule has 0 aliphatic rings. The molecule has 122 valence electrons. The Morgan fingerprint density at radius 2 is 1.91 bits per heavy atom. The maximum absolute atomic E-state index is 11.8. The minimum Gasteiger partial charge on any atom is -0.356 e. The monoisotopic (exact) mass is 334 g/mol. The molecular formula is C16H19ClN4O2. The van der Waals surface area contributed by atoms with Crippen molar-refractivity contribution in [2.75, 3.05) is 13.1 Å². The van der Waals surface area contributed by atoms with E-state index in [0.717, 1.165) is 13.0 Å². The molecule has 0 radical (unpaired) electrons. The zero-order chi connectivity index (χ0) is 16.5. The van der Waals surface area contributed by atoms with E-state index in [2.05, 4.69) is 15.6 Å². The van der Waals surface area contributed by atoms with Crippen LogP contribution in [0.5, 0.6) is 0 Å². The number of hydrogen-bond acceptors (Lipinski definition) is 3. The SMILES string of the molecule is O=C(CCNC(=O)c1ccc(Cl)cc1)NCCCn1ccnc1. The van der Waals surface area contributed by atoms with Gasteiger partial charge in [-0.15, -0.1) is 0 Å². The van der Waals surface area contributed by atoms with E-state index in [1.807, 2.05) is 10.8 Å². The molecular weight excluding hydrogens is 316 g/mol. The largest absolute Gasteiger partial charge is 0.356 e. The van der Waals surface area contributed by atoms with E-state index in [1.54, 1.807) is 36.8 Å². The fourth-order valence-electron chi connectivity index (χ4n) is 1.99. The first-order valence-corrected chi connectivity index (χ1v) is 7.79. The van der Waals surface area contributed by atoms with Gasteiger partial charge < -0.3 is 15.2 Å². The number of imidazole rings is 1. The minimum absolute atomic E-state index is 0.0768. The van der Waals surface area contributed by atoms with Crippen LogP contribution < -0.4 is 10.6 Å². The average Bonchev–Trinajstić information content (AvgIpc) is 3.05. The Labute approximate surface area is 139 Å². The van der Waals surface area contributed by atoms with Gasteiger partial charge in [-0.1, -0.05) is 11.6 Å². The summed E-state index contributed by atoms with van der Waals surface area (Å²) < 4.78 is 1.96. The molecule has 0 saturated heterocycles. The number of aromatic nitrogens is 2. The Balaban J connectivity index is 1.57. The van der Waals surface area contributed by atoms with Crippen molar-refractivity contribution in [3.05, 3.63) is 53.6 Å². The van der Waals surface area contributed by atoms with Crippen molar-refractivity contribution in [3.63, 3.8) is 0 Å². The second-order valence-electron chi connectivity index (χ2n) is 5.02. The van der Waals surface area contributed by atoms with Crippen molar-refractivity contribution in [1.29, 1.82) is 0 Å². The molecule has 1 heterocycles. The van der Waals surface area contributed by atoms with Gasteiger partial charge in [0.25, 0.3) is 5.91 Å². The molecule has 2 rings (SSSR count). The smallest absolute Gasteiger partial charge is 0.251 e. The van der Waals surface area contributed by atoms with Gasteiger partial charge in [-0.25, -0.2) is 4.98 Å². The summed E-state index contributed by atoms with van der Waals surface area (Å²) in [5, 5.41) is 6.11. The third kappa shape index (κ3) is 6.12. The number of nitrogens with zero attached hydrogens (tertiary/aromatic N) is 2. The molecule has 0 spiro atoms. The van der Waals surface area contributed by atoms with E-state index in [1.165, 1.54) is 0 Å². The number of benzene rings is 1. The van der Waals surface area contributed by atoms with Crippen molar-refractivity contribution in [1.82, 2.24) is 20.2 Å². The van der Waals surface area contributed by atoms with E-state index >= 15 is 0 Å². The molecule has 2 aromatic rings. The number of rotatable bonds is 8. The molecule has 0 fully saturated rings. The summed E-state index contributed by atoms with van der Waals surface area (Å²) in [6.07, 6.45) is 6.44. The molecule has 0 unspecified atom stereocenters. The highest BCUT2D eigenvalue weighted by Crippen LogP contribution is 2.09. The number of carbonyl (C=O) groups is 2. The summed E-state index contributed by atoms with van der Waals surface area (Å²) >= 11 is 5.77. The first kappa shape index (κ1) is 17.0. The zero-order valence-corrected chi connectivity index (χ0v) is 13.4. The predicted octanol–water partition coefficient (Wildman–Crippen LogP) is 1.86. The Bertz CT molecular complexity index is 626. The third-order valence-electron chi connectivity index (χ3n) is 3.22. The van der Waals surface area contributed by atoms with Gasteiger partial charge in [0, 0.05) is 49.0 Å². The summed E-state index contributed by atoms with van der Waals surface area (Å²) in [4.78, 5) is 27.5. The van der Waals surface area contributed by atoms with E-state index in [9.17, 15) is 9.59 Å². The molecule has 0 aliphatic heterocycles. The number of nitrogens with one attached hydrogen (secondary N) is 2. The number of halogens is 1. The molecule has 6 nitrogen and oxygen atoms in total. The summed E-state index contributed by atoms with van der Waals surface area (Å²) in [5.74, 6) is -0.290. The molecule has 7 heteroatoms. The van der Waals surface area contributed by atoms with Crippen LogP contribution in [0.4, 0.5) is 0 Å². The topological polar surface area (TPSA) is 76.0 Å². The van der Waals surface area contributed by atoms with Crippen LogP contribution in [0.15, 0.2) is 43.0 Å². The summed E-state index contributed by atoms with van der Waals surface area (Å²) in [7, 11) is 0. The van der Waals surface area contributed by atoms with Gasteiger partial charge in [0.1, 0.15) is 0 Å². The van der Waals surface area contributed by atoms with Gasteiger partial charge in [-0.3, -0.25) is 9.59 Å². The third-order valence-corrected chi connectivity index (χ3v) is 3.47. The lowest BCUT2D eigenvalue weighted by Crippen LogP contribution is -2.31. The van der Waals surface area contributed by atoms with Gasteiger partial charge in [-0.05, 0) is 30.7 Å². The van der Waals surface area contributed by atoms with Crippen LogP contribution in [0, 0.1) is 0 Å². The highest BCUT2D eigenvalue weighted by atomic mass is 35.5. The number of amides is 2. The second-order valence-corrected chi connectivity index (χ2v) is 5.45. The normalized spacial score (nSPS) is 10.3.